The molecule has 3 N–H and O–H groups in total. The molecule has 2 amide bonds. The Hall–Kier alpha value is -3.41. The first-order valence-corrected chi connectivity index (χ1v) is 7.45. The molecule has 0 fully saturated rings. The molecule has 6 nitrogen and oxygen atoms in total. The van der Waals surface area contributed by atoms with Gasteiger partial charge in [-0.25, -0.2) is 5.43 Å². The van der Waals surface area contributed by atoms with Gasteiger partial charge in [0.25, 0.3) is 11.8 Å². The van der Waals surface area contributed by atoms with Gasteiger partial charge in [-0.15, -0.1) is 0 Å². The van der Waals surface area contributed by atoms with Gasteiger partial charge in [-0.2, -0.15) is 5.10 Å². The lowest BCUT2D eigenvalue weighted by Gasteiger charge is -2.03. The summed E-state index contributed by atoms with van der Waals surface area (Å²) in [5.41, 5.74) is 4.78. The van der Waals surface area contributed by atoms with Gasteiger partial charge in [0.15, 0.2) is 0 Å². The molecule has 6 heteroatoms. The molecular formula is C18H16N4O2. The lowest BCUT2D eigenvalue weighted by Crippen LogP contribution is -2.34. The Kier molecular flexibility index (Phi) is 4.67. The van der Waals surface area contributed by atoms with E-state index in [0.717, 1.165) is 16.5 Å². The number of hydrazone groups is 1. The maximum atomic E-state index is 11.8. The quantitative estimate of drug-likeness (QED) is 0.496. The number of fused-ring (bicyclic) bond motifs is 1. The second-order valence-electron chi connectivity index (χ2n) is 5.13. The molecule has 0 saturated heterocycles. The van der Waals surface area contributed by atoms with Crippen LogP contribution in [0.15, 0.2) is 65.9 Å². The van der Waals surface area contributed by atoms with E-state index in [1.165, 1.54) is 0 Å². The molecule has 24 heavy (non-hydrogen) atoms. The van der Waals surface area contributed by atoms with Crippen LogP contribution in [-0.2, 0) is 4.79 Å². The highest BCUT2D eigenvalue weighted by Crippen LogP contribution is 2.15. The number of hydrogen-bond donors (Lipinski definition) is 3. The van der Waals surface area contributed by atoms with Gasteiger partial charge in [-0.1, -0.05) is 36.4 Å². The van der Waals surface area contributed by atoms with Crippen LogP contribution in [0.25, 0.3) is 10.9 Å². The topological polar surface area (TPSA) is 86.3 Å². The van der Waals surface area contributed by atoms with Crippen molar-refractivity contribution < 1.29 is 9.59 Å². The summed E-state index contributed by atoms with van der Waals surface area (Å²) in [4.78, 5) is 26.7. The molecule has 1 aromatic heterocycles. The molecule has 0 spiro atoms. The smallest absolute Gasteiger partial charge is 0.259 e. The summed E-state index contributed by atoms with van der Waals surface area (Å²) < 4.78 is 0. The minimum atomic E-state index is -0.393. The largest absolute Gasteiger partial charge is 0.361 e. The second-order valence-corrected chi connectivity index (χ2v) is 5.13. The summed E-state index contributed by atoms with van der Waals surface area (Å²) >= 11 is 0. The third kappa shape index (κ3) is 3.67. The van der Waals surface area contributed by atoms with E-state index >= 15 is 0 Å². The lowest BCUT2D eigenvalue weighted by molar-refractivity contribution is -0.120. The molecule has 0 bridgehead atoms. The molecule has 0 unspecified atom stereocenters. The normalized spacial score (nSPS) is 10.8. The van der Waals surface area contributed by atoms with Crippen molar-refractivity contribution in [2.24, 2.45) is 5.10 Å². The van der Waals surface area contributed by atoms with Crippen LogP contribution in [0.3, 0.4) is 0 Å². The number of carbonyl (C=O) groups is 2. The highest BCUT2D eigenvalue weighted by atomic mass is 16.2. The zero-order valence-corrected chi connectivity index (χ0v) is 12.8. The molecule has 0 radical (unpaired) electrons. The number of benzene rings is 2. The molecular weight excluding hydrogens is 304 g/mol. The van der Waals surface area contributed by atoms with E-state index in [9.17, 15) is 9.59 Å². The van der Waals surface area contributed by atoms with E-state index in [2.05, 4.69) is 20.8 Å². The Morgan fingerprint density at radius 2 is 1.79 bits per heavy atom. The third-order valence-electron chi connectivity index (χ3n) is 3.46. The van der Waals surface area contributed by atoms with Gasteiger partial charge in [0.2, 0.25) is 0 Å². The van der Waals surface area contributed by atoms with Crippen molar-refractivity contribution in [3.63, 3.8) is 0 Å². The van der Waals surface area contributed by atoms with Crippen molar-refractivity contribution in [2.45, 2.75) is 0 Å². The maximum absolute atomic E-state index is 11.8. The number of hydrogen-bond acceptors (Lipinski definition) is 3. The van der Waals surface area contributed by atoms with Crippen LogP contribution < -0.4 is 10.7 Å². The maximum Gasteiger partial charge on any atom is 0.259 e. The van der Waals surface area contributed by atoms with Crippen LogP contribution in [0.1, 0.15) is 15.9 Å². The van der Waals surface area contributed by atoms with Crippen LogP contribution in [0.5, 0.6) is 0 Å². The zero-order chi connectivity index (χ0) is 16.8. The average molecular weight is 320 g/mol. The Morgan fingerprint density at radius 3 is 2.62 bits per heavy atom. The van der Waals surface area contributed by atoms with Crippen molar-refractivity contribution in [1.29, 1.82) is 0 Å². The number of nitrogens with one attached hydrogen (secondary N) is 3. The highest BCUT2D eigenvalue weighted by Gasteiger charge is 2.06. The molecule has 1 heterocycles. The van der Waals surface area contributed by atoms with Gasteiger partial charge in [-0.3, -0.25) is 9.59 Å². The number of H-pyrrole nitrogens is 1. The van der Waals surface area contributed by atoms with E-state index in [4.69, 9.17) is 0 Å². The summed E-state index contributed by atoms with van der Waals surface area (Å²) in [7, 11) is 0. The Morgan fingerprint density at radius 1 is 1.04 bits per heavy atom. The fourth-order valence-corrected chi connectivity index (χ4v) is 2.27. The zero-order valence-electron chi connectivity index (χ0n) is 12.8. The monoisotopic (exact) mass is 320 g/mol. The molecule has 0 saturated carbocycles. The number of carbonyl (C=O) groups excluding carboxylic acids is 2. The number of rotatable bonds is 5. The number of aromatic amines is 1. The van der Waals surface area contributed by atoms with Crippen molar-refractivity contribution in [3.8, 4) is 0 Å². The summed E-state index contributed by atoms with van der Waals surface area (Å²) in [6.07, 6.45) is 3.38. The van der Waals surface area contributed by atoms with E-state index in [-0.39, 0.29) is 12.5 Å². The van der Waals surface area contributed by atoms with Gasteiger partial charge in [-0.05, 0) is 18.2 Å². The van der Waals surface area contributed by atoms with Crippen molar-refractivity contribution in [3.05, 3.63) is 71.9 Å². The Balaban J connectivity index is 1.51. The van der Waals surface area contributed by atoms with Crippen LogP contribution in [0, 0.1) is 0 Å². The number of amides is 2. The van der Waals surface area contributed by atoms with Crippen LogP contribution in [-0.4, -0.2) is 29.6 Å². The van der Waals surface area contributed by atoms with Gasteiger partial charge in [0.05, 0.1) is 12.8 Å². The van der Waals surface area contributed by atoms with Gasteiger partial charge in [0, 0.05) is 28.2 Å². The fourth-order valence-electron chi connectivity index (χ4n) is 2.27. The Labute approximate surface area is 138 Å². The van der Waals surface area contributed by atoms with Gasteiger partial charge in [0.1, 0.15) is 0 Å². The van der Waals surface area contributed by atoms with Crippen molar-refractivity contribution in [1.82, 2.24) is 15.7 Å². The predicted octanol–water partition coefficient (Wildman–Crippen LogP) is 2.05. The average Bonchev–Trinajstić information content (AvgIpc) is 3.04. The second kappa shape index (κ2) is 7.23. The molecule has 0 aliphatic heterocycles. The number of aromatic nitrogens is 1. The van der Waals surface area contributed by atoms with Crippen LogP contribution in [0.4, 0.5) is 0 Å². The van der Waals surface area contributed by atoms with E-state index in [1.54, 1.807) is 30.5 Å². The summed E-state index contributed by atoms with van der Waals surface area (Å²) in [6.45, 7) is -0.140. The van der Waals surface area contributed by atoms with Crippen LogP contribution >= 0.6 is 0 Å². The molecule has 2 aromatic carbocycles. The number of nitrogens with zero attached hydrogens (tertiary/aromatic N) is 1. The minimum Gasteiger partial charge on any atom is -0.361 e. The molecule has 120 valence electrons. The molecule has 3 aromatic rings. The lowest BCUT2D eigenvalue weighted by atomic mass is 10.2. The van der Waals surface area contributed by atoms with Crippen molar-refractivity contribution >= 4 is 28.9 Å². The molecule has 0 aliphatic rings. The Bertz CT molecular complexity index is 884. The molecule has 0 atom stereocenters. The minimum absolute atomic E-state index is 0.140. The predicted molar refractivity (Wildman–Crippen MR) is 92.8 cm³/mol. The summed E-state index contributed by atoms with van der Waals surface area (Å²) in [5.74, 6) is -0.693. The van der Waals surface area contributed by atoms with Gasteiger partial charge < -0.3 is 10.3 Å². The van der Waals surface area contributed by atoms with E-state index in [1.807, 2.05) is 36.5 Å². The first-order chi connectivity index (χ1) is 11.7. The molecule has 0 aliphatic carbocycles. The SMILES string of the molecule is O=C(CNC(=O)c1ccccc1)NN=Cc1c[nH]c2ccccc12. The third-order valence-corrected chi connectivity index (χ3v) is 3.46. The first-order valence-electron chi connectivity index (χ1n) is 7.45. The molecule has 3 rings (SSSR count). The number of para-hydroxylation sites is 1. The standard InChI is InChI=1S/C18H16N4O2/c23-17(12-20-18(24)13-6-2-1-3-7-13)22-21-11-14-10-19-16-9-5-4-8-15(14)16/h1-11,19H,12H2,(H,20,24)(H,22,23). The van der Waals surface area contributed by atoms with Crippen LogP contribution in [0.2, 0.25) is 0 Å². The van der Waals surface area contributed by atoms with Gasteiger partial charge >= 0.3 is 0 Å². The van der Waals surface area contributed by atoms with Crippen molar-refractivity contribution in [2.75, 3.05) is 6.54 Å². The van der Waals surface area contributed by atoms with E-state index < -0.39 is 5.91 Å². The first kappa shape index (κ1) is 15.5. The summed E-state index contributed by atoms with van der Waals surface area (Å²) in [5, 5.41) is 7.48. The summed E-state index contributed by atoms with van der Waals surface area (Å²) in [6, 6.07) is 16.5. The highest BCUT2D eigenvalue weighted by molar-refractivity contribution is 5.99. The van der Waals surface area contributed by atoms with E-state index in [0.29, 0.717) is 5.56 Å². The fraction of sp³-hybridized carbons (Fsp3) is 0.0556.